The maximum absolute atomic E-state index is 12.0. The number of carbonyl (C=O) groups is 1. The molecule has 1 rings (SSSR count). The molecule has 0 aromatic heterocycles. The molecule has 1 N–H and O–H groups in total. The highest BCUT2D eigenvalue weighted by molar-refractivity contribution is 5.95. The lowest BCUT2D eigenvalue weighted by Gasteiger charge is -2.12. The molecule has 0 aliphatic rings. The van der Waals surface area contributed by atoms with E-state index < -0.39 is 0 Å². The van der Waals surface area contributed by atoms with Gasteiger partial charge in [-0.15, -0.1) is 0 Å². The van der Waals surface area contributed by atoms with Gasteiger partial charge >= 0.3 is 0 Å². The number of hydrogen-bond acceptors (Lipinski definition) is 2. The van der Waals surface area contributed by atoms with Gasteiger partial charge in [-0.1, -0.05) is 43.7 Å². The third-order valence-electron chi connectivity index (χ3n) is 3.37. The van der Waals surface area contributed by atoms with Gasteiger partial charge in [0.2, 0.25) is 5.91 Å². The Morgan fingerprint density at radius 1 is 1.24 bits per heavy atom. The average Bonchev–Trinajstić information content (AvgIpc) is 2.45. The number of carbonyl (C=O) groups excluding carboxylic acids is 1. The van der Waals surface area contributed by atoms with Gasteiger partial charge in [0, 0.05) is 26.3 Å². The van der Waals surface area contributed by atoms with E-state index >= 15 is 0 Å². The minimum Gasteiger partial charge on any atom is -0.385 e. The Balaban J connectivity index is 2.63. The minimum absolute atomic E-state index is 0.0170. The molecule has 0 fully saturated rings. The topological polar surface area (TPSA) is 38.3 Å². The van der Waals surface area contributed by atoms with Crippen LogP contribution in [0.5, 0.6) is 0 Å². The molecule has 0 aliphatic carbocycles. The van der Waals surface area contributed by atoms with Crippen molar-refractivity contribution in [1.82, 2.24) is 5.32 Å². The van der Waals surface area contributed by atoms with E-state index in [1.54, 1.807) is 13.2 Å². The van der Waals surface area contributed by atoms with Crippen molar-refractivity contribution in [3.05, 3.63) is 41.5 Å². The normalized spacial score (nSPS) is 11.8. The van der Waals surface area contributed by atoms with E-state index in [-0.39, 0.29) is 5.91 Å². The Morgan fingerprint density at radius 2 is 1.90 bits per heavy atom. The second-order valence-electron chi connectivity index (χ2n) is 5.61. The molecule has 21 heavy (non-hydrogen) atoms. The van der Waals surface area contributed by atoms with Gasteiger partial charge in [0.1, 0.15) is 0 Å². The van der Waals surface area contributed by atoms with E-state index in [1.807, 2.05) is 0 Å². The summed E-state index contributed by atoms with van der Waals surface area (Å²) in [7, 11) is 1.69. The van der Waals surface area contributed by atoms with Crippen molar-refractivity contribution in [3.63, 3.8) is 0 Å². The standard InChI is InChI=1S/C18H27NO2/c1-14(2)17(16-9-7-15(3)8-10-16)13-18(20)19-11-5-6-12-21-4/h7-10,13-14H,5-6,11-12H2,1-4H3,(H,19,20)/b17-13+. The van der Waals surface area contributed by atoms with Crippen molar-refractivity contribution in [3.8, 4) is 0 Å². The Morgan fingerprint density at radius 3 is 2.48 bits per heavy atom. The van der Waals surface area contributed by atoms with Crippen LogP contribution in [-0.4, -0.2) is 26.2 Å². The first-order chi connectivity index (χ1) is 10.0. The third kappa shape index (κ3) is 6.58. The predicted octanol–water partition coefficient (Wildman–Crippen LogP) is 3.58. The molecule has 1 aromatic rings. The first kappa shape index (κ1) is 17.4. The highest BCUT2D eigenvalue weighted by Gasteiger charge is 2.08. The summed E-state index contributed by atoms with van der Waals surface area (Å²) >= 11 is 0. The number of amides is 1. The summed E-state index contributed by atoms with van der Waals surface area (Å²) in [6.07, 6.45) is 3.64. The van der Waals surface area contributed by atoms with Crippen LogP contribution in [0.3, 0.4) is 0 Å². The number of allylic oxidation sites excluding steroid dienone is 1. The summed E-state index contributed by atoms with van der Waals surface area (Å²) in [6.45, 7) is 7.72. The molecule has 0 unspecified atom stereocenters. The van der Waals surface area contributed by atoms with E-state index in [0.29, 0.717) is 12.5 Å². The van der Waals surface area contributed by atoms with E-state index in [9.17, 15) is 4.79 Å². The van der Waals surface area contributed by atoms with Gasteiger partial charge in [0.15, 0.2) is 0 Å². The lowest BCUT2D eigenvalue weighted by molar-refractivity contribution is -0.116. The van der Waals surface area contributed by atoms with Crippen LogP contribution >= 0.6 is 0 Å². The molecular formula is C18H27NO2. The van der Waals surface area contributed by atoms with E-state index in [2.05, 4.69) is 50.4 Å². The van der Waals surface area contributed by atoms with Crippen molar-refractivity contribution in [2.75, 3.05) is 20.3 Å². The average molecular weight is 289 g/mol. The van der Waals surface area contributed by atoms with Crippen LogP contribution in [-0.2, 0) is 9.53 Å². The van der Waals surface area contributed by atoms with Crippen molar-refractivity contribution in [1.29, 1.82) is 0 Å². The summed E-state index contributed by atoms with van der Waals surface area (Å²) in [5.74, 6) is 0.295. The van der Waals surface area contributed by atoms with Gasteiger partial charge in [-0.2, -0.15) is 0 Å². The number of unbranched alkanes of at least 4 members (excludes halogenated alkanes) is 1. The fraction of sp³-hybridized carbons (Fsp3) is 0.500. The summed E-state index contributed by atoms with van der Waals surface area (Å²) in [6, 6.07) is 8.31. The first-order valence-electron chi connectivity index (χ1n) is 7.60. The van der Waals surface area contributed by atoms with Crippen molar-refractivity contribution in [2.45, 2.75) is 33.6 Å². The largest absolute Gasteiger partial charge is 0.385 e. The van der Waals surface area contributed by atoms with Crippen molar-refractivity contribution >= 4 is 11.5 Å². The van der Waals surface area contributed by atoms with Crippen LogP contribution in [0.4, 0.5) is 0 Å². The summed E-state index contributed by atoms with van der Waals surface area (Å²) in [5, 5.41) is 2.94. The second kappa shape index (κ2) is 9.35. The van der Waals surface area contributed by atoms with Gasteiger partial charge in [-0.05, 0) is 36.8 Å². The second-order valence-corrected chi connectivity index (χ2v) is 5.61. The molecule has 0 radical (unpaired) electrons. The third-order valence-corrected chi connectivity index (χ3v) is 3.37. The molecule has 0 heterocycles. The van der Waals surface area contributed by atoms with Crippen LogP contribution in [0.2, 0.25) is 0 Å². The smallest absolute Gasteiger partial charge is 0.244 e. The summed E-state index contributed by atoms with van der Waals surface area (Å²) in [5.41, 5.74) is 3.42. The summed E-state index contributed by atoms with van der Waals surface area (Å²) in [4.78, 5) is 12.0. The zero-order chi connectivity index (χ0) is 15.7. The minimum atomic E-state index is -0.0170. The monoisotopic (exact) mass is 289 g/mol. The molecule has 3 heteroatoms. The maximum Gasteiger partial charge on any atom is 0.244 e. The molecule has 0 saturated heterocycles. The van der Waals surface area contributed by atoms with E-state index in [4.69, 9.17) is 4.74 Å². The van der Waals surface area contributed by atoms with Gasteiger partial charge in [-0.3, -0.25) is 4.79 Å². The first-order valence-corrected chi connectivity index (χ1v) is 7.60. The highest BCUT2D eigenvalue weighted by atomic mass is 16.5. The van der Waals surface area contributed by atoms with Crippen LogP contribution in [0, 0.1) is 12.8 Å². The number of rotatable bonds is 8. The van der Waals surface area contributed by atoms with Gasteiger partial charge < -0.3 is 10.1 Å². The van der Waals surface area contributed by atoms with E-state index in [1.165, 1.54) is 5.56 Å². The molecule has 1 amide bonds. The maximum atomic E-state index is 12.0. The number of benzene rings is 1. The molecule has 0 aliphatic heterocycles. The zero-order valence-electron chi connectivity index (χ0n) is 13.6. The molecule has 3 nitrogen and oxygen atoms in total. The Labute approximate surface area is 128 Å². The van der Waals surface area contributed by atoms with Crippen molar-refractivity contribution in [2.24, 2.45) is 5.92 Å². The number of methoxy groups -OCH3 is 1. The molecule has 0 saturated carbocycles. The van der Waals surface area contributed by atoms with Crippen LogP contribution in [0.25, 0.3) is 5.57 Å². The molecular weight excluding hydrogens is 262 g/mol. The number of ether oxygens (including phenoxy) is 1. The highest BCUT2D eigenvalue weighted by Crippen LogP contribution is 2.23. The lowest BCUT2D eigenvalue weighted by Crippen LogP contribution is -2.23. The van der Waals surface area contributed by atoms with Gasteiger partial charge in [0.25, 0.3) is 0 Å². The Hall–Kier alpha value is -1.61. The molecule has 0 spiro atoms. The fourth-order valence-electron chi connectivity index (χ4n) is 2.10. The SMILES string of the molecule is COCCCCNC(=O)/C=C(/c1ccc(C)cc1)C(C)C. The Bertz CT molecular complexity index is 461. The van der Waals surface area contributed by atoms with Crippen LogP contribution < -0.4 is 5.32 Å². The zero-order valence-corrected chi connectivity index (χ0v) is 13.6. The van der Waals surface area contributed by atoms with Crippen molar-refractivity contribution < 1.29 is 9.53 Å². The van der Waals surface area contributed by atoms with Gasteiger partial charge in [0.05, 0.1) is 0 Å². The van der Waals surface area contributed by atoms with E-state index in [0.717, 1.165) is 30.6 Å². The molecule has 1 aromatic carbocycles. The van der Waals surface area contributed by atoms with Crippen LogP contribution in [0.1, 0.15) is 37.8 Å². The molecule has 116 valence electrons. The number of nitrogens with one attached hydrogen (secondary N) is 1. The quantitative estimate of drug-likeness (QED) is 0.587. The Kier molecular flexibility index (Phi) is 7.76. The number of hydrogen-bond donors (Lipinski definition) is 1. The molecule has 0 atom stereocenters. The van der Waals surface area contributed by atoms with Gasteiger partial charge in [-0.25, -0.2) is 0 Å². The fourth-order valence-corrected chi connectivity index (χ4v) is 2.10. The van der Waals surface area contributed by atoms with Crippen LogP contribution in [0.15, 0.2) is 30.3 Å². The summed E-state index contributed by atoms with van der Waals surface area (Å²) < 4.78 is 4.99. The predicted molar refractivity (Wildman–Crippen MR) is 88.1 cm³/mol. The molecule has 0 bridgehead atoms. The lowest BCUT2D eigenvalue weighted by atomic mass is 9.94. The number of aryl methyl sites for hydroxylation is 1.